The van der Waals surface area contributed by atoms with E-state index in [9.17, 15) is 4.79 Å². The Morgan fingerprint density at radius 2 is 2.44 bits per heavy atom. The highest BCUT2D eigenvalue weighted by Gasteiger charge is 2.35. The third kappa shape index (κ3) is 1.91. The van der Waals surface area contributed by atoms with Crippen LogP contribution >= 0.6 is 0 Å². The number of carbonyl (C=O) groups is 1. The van der Waals surface area contributed by atoms with Crippen LogP contribution in [0.5, 0.6) is 0 Å². The van der Waals surface area contributed by atoms with E-state index in [0.717, 1.165) is 0 Å². The van der Waals surface area contributed by atoms with Crippen molar-refractivity contribution < 1.29 is 15.5 Å². The number of nitrogens with two attached hydrogens (primary N) is 1. The lowest BCUT2D eigenvalue weighted by Crippen LogP contribution is -3.07. The topological polar surface area (TPSA) is 84.7 Å². The first-order chi connectivity index (χ1) is 4.04. The van der Waals surface area contributed by atoms with Gasteiger partial charge in [-0.05, 0) is 0 Å². The van der Waals surface area contributed by atoms with Crippen molar-refractivity contribution in [2.45, 2.75) is 19.1 Å². The van der Waals surface area contributed by atoms with E-state index in [1.165, 1.54) is 0 Å². The van der Waals surface area contributed by atoms with Crippen LogP contribution in [-0.2, 0) is 4.79 Å². The molecule has 1 unspecified atom stereocenters. The summed E-state index contributed by atoms with van der Waals surface area (Å²) in [5.41, 5.74) is 8.75. The van der Waals surface area contributed by atoms with Gasteiger partial charge < -0.3 is 0 Å². The van der Waals surface area contributed by atoms with Crippen LogP contribution in [0, 0.1) is 0 Å². The zero-order valence-corrected chi connectivity index (χ0v) is 5.61. The van der Waals surface area contributed by atoms with Gasteiger partial charge in [-0.1, -0.05) is 6.92 Å². The molecule has 6 N–H and O–H groups in total. The molecular weight excluding hydrogens is 118 g/mol. The fourth-order valence-electron chi connectivity index (χ4n) is 0.414. The van der Waals surface area contributed by atoms with Crippen LogP contribution in [0.4, 0.5) is 0 Å². The van der Waals surface area contributed by atoms with Gasteiger partial charge in [0.15, 0.2) is 0 Å². The molecule has 52 valence electrons. The number of Topliss-reactive ketones (excluding diaryl/α,β-unsaturated/α-hetero) is 1. The maximum Gasteiger partial charge on any atom is 0.402 e. The third-order valence-corrected chi connectivity index (χ3v) is 1.13. The van der Waals surface area contributed by atoms with E-state index in [4.69, 9.17) is 5.73 Å². The number of ketones is 1. The second kappa shape index (κ2) is 2.70. The van der Waals surface area contributed by atoms with Crippen molar-refractivity contribution >= 4 is 12.5 Å². The first-order valence-corrected chi connectivity index (χ1v) is 2.76. The highest BCUT2D eigenvalue weighted by atomic mass is 16.1. The quantitative estimate of drug-likeness (QED) is 0.275. The number of carbonyl (C=O) groups excluding carboxylic acids is 1. The second-order valence-corrected chi connectivity index (χ2v) is 1.92. The van der Waals surface area contributed by atoms with Gasteiger partial charge in [-0.25, -0.2) is 5.73 Å². The van der Waals surface area contributed by atoms with Gasteiger partial charge in [0.25, 0.3) is 5.78 Å². The molecule has 0 aromatic heterocycles. The van der Waals surface area contributed by atoms with Crippen molar-refractivity contribution in [1.82, 2.24) is 0 Å². The normalized spacial score (nSPS) is 16.3. The Kier molecular flexibility index (Phi) is 2.48. The monoisotopic (exact) mass is 131 g/mol. The zero-order chi connectivity index (χ0) is 7.49. The molecule has 0 heterocycles. The summed E-state index contributed by atoms with van der Waals surface area (Å²) in [4.78, 5) is 13.1. The maximum absolute atomic E-state index is 10.8. The van der Waals surface area contributed by atoms with Crippen LogP contribution in [0.1, 0.15) is 13.3 Å². The highest BCUT2D eigenvalue weighted by Crippen LogP contribution is 1.81. The number of nitrogens with one attached hydrogen (secondary N) is 1. The van der Waals surface area contributed by atoms with E-state index < -0.39 is 5.79 Å². The minimum absolute atomic E-state index is 0.141. The molecule has 0 radical (unpaired) electrons. The summed E-state index contributed by atoms with van der Waals surface area (Å²) in [6, 6.07) is 0. The number of hydrogen-bond acceptors (Lipinski definition) is 2. The first-order valence-electron chi connectivity index (χ1n) is 2.76. The van der Waals surface area contributed by atoms with E-state index in [1.807, 2.05) is 0 Å². The van der Waals surface area contributed by atoms with E-state index in [1.54, 1.807) is 6.92 Å². The summed E-state index contributed by atoms with van der Waals surface area (Å²) < 4.78 is 0. The number of hydrogen-bond donors (Lipinski definition) is 3. The van der Waals surface area contributed by atoms with Gasteiger partial charge in [-0.15, -0.1) is 0 Å². The molecule has 0 aromatic carbocycles. The lowest BCUT2D eigenvalue weighted by molar-refractivity contribution is -0.731. The Labute approximate surface area is 53.9 Å². The van der Waals surface area contributed by atoms with Crippen molar-refractivity contribution in [3.63, 3.8) is 0 Å². The Morgan fingerprint density at radius 1 is 2.00 bits per heavy atom. The van der Waals surface area contributed by atoms with Crippen molar-refractivity contribution in [2.24, 2.45) is 5.73 Å². The van der Waals surface area contributed by atoms with Crippen LogP contribution in [0.25, 0.3) is 0 Å². The standard InChI is InChI=1S/C5H11N3O/c1-3-4(9)5(6,7)8-2/h2-3,6-7H2,1H3/p+2. The van der Waals surface area contributed by atoms with Crippen molar-refractivity contribution in [2.75, 3.05) is 0 Å². The van der Waals surface area contributed by atoms with Crippen molar-refractivity contribution in [3.8, 4) is 0 Å². The molecule has 0 aliphatic rings. The van der Waals surface area contributed by atoms with Crippen LogP contribution in [0.15, 0.2) is 0 Å². The van der Waals surface area contributed by atoms with Crippen LogP contribution in [-0.4, -0.2) is 18.3 Å². The molecule has 0 fully saturated rings. The zero-order valence-electron chi connectivity index (χ0n) is 5.61. The van der Waals surface area contributed by atoms with Crippen LogP contribution in [0.3, 0.4) is 0 Å². The molecule has 0 aliphatic heterocycles. The molecule has 0 aromatic rings. The van der Waals surface area contributed by atoms with Gasteiger partial charge >= 0.3 is 5.79 Å². The smallest absolute Gasteiger partial charge is 0.283 e. The predicted octanol–water partition coefficient (Wildman–Crippen LogP) is -3.40. The molecular formula is C5H13N3O+2. The van der Waals surface area contributed by atoms with Gasteiger partial charge in [0.05, 0.1) is 0 Å². The molecule has 0 bridgehead atoms. The molecule has 0 spiro atoms. The van der Waals surface area contributed by atoms with Gasteiger partial charge in [-0.3, -0.25) is 10.5 Å². The van der Waals surface area contributed by atoms with Crippen molar-refractivity contribution in [3.05, 3.63) is 0 Å². The second-order valence-electron chi connectivity index (χ2n) is 1.92. The predicted molar refractivity (Wildman–Crippen MR) is 33.2 cm³/mol. The molecule has 4 heteroatoms. The summed E-state index contributed by atoms with van der Waals surface area (Å²) in [6.45, 7) is 5.00. The summed E-state index contributed by atoms with van der Waals surface area (Å²) in [7, 11) is 0. The Balaban J connectivity index is 4.14. The van der Waals surface area contributed by atoms with E-state index >= 15 is 0 Å². The summed E-state index contributed by atoms with van der Waals surface area (Å²) >= 11 is 0. The Morgan fingerprint density at radius 3 is 2.56 bits per heavy atom. The average Bonchev–Trinajstić information content (AvgIpc) is 1.86. The minimum Gasteiger partial charge on any atom is -0.283 e. The Bertz CT molecular complexity index is 130. The molecule has 9 heavy (non-hydrogen) atoms. The lowest BCUT2D eigenvalue weighted by atomic mass is 10.2. The first kappa shape index (κ1) is 8.26. The van der Waals surface area contributed by atoms with E-state index in [-0.39, 0.29) is 5.78 Å². The third-order valence-electron chi connectivity index (χ3n) is 1.13. The number of rotatable bonds is 3. The van der Waals surface area contributed by atoms with E-state index in [0.29, 0.717) is 6.42 Å². The minimum atomic E-state index is -1.20. The van der Waals surface area contributed by atoms with Gasteiger partial charge in [-0.2, -0.15) is 4.99 Å². The average molecular weight is 131 g/mol. The molecule has 0 aliphatic carbocycles. The van der Waals surface area contributed by atoms with Crippen LogP contribution < -0.4 is 16.5 Å². The highest BCUT2D eigenvalue weighted by molar-refractivity contribution is 5.83. The Hall–Kier alpha value is -0.740. The summed E-state index contributed by atoms with van der Waals surface area (Å²) in [5, 5.41) is 0. The van der Waals surface area contributed by atoms with Gasteiger partial charge in [0.2, 0.25) is 0 Å². The largest absolute Gasteiger partial charge is 0.402 e. The fourth-order valence-corrected chi connectivity index (χ4v) is 0.414. The summed E-state index contributed by atoms with van der Waals surface area (Å²) in [6.07, 6.45) is 0.377. The number of quaternary nitrogens is 1. The molecule has 0 saturated heterocycles. The molecule has 0 rings (SSSR count). The summed E-state index contributed by atoms with van der Waals surface area (Å²) in [5.74, 6) is -1.34. The molecule has 4 nitrogen and oxygen atoms in total. The molecule has 1 atom stereocenters. The van der Waals surface area contributed by atoms with Crippen LogP contribution in [0.2, 0.25) is 0 Å². The molecule has 0 amide bonds. The lowest BCUT2D eigenvalue weighted by Gasteiger charge is -2.04. The maximum atomic E-state index is 10.8. The molecule has 0 saturated carbocycles. The SMILES string of the molecule is C=[NH+]C(N)([NH3+])C(=O)CC. The fraction of sp³-hybridized carbons (Fsp3) is 0.600. The van der Waals surface area contributed by atoms with E-state index in [2.05, 4.69) is 17.4 Å². The van der Waals surface area contributed by atoms with Crippen molar-refractivity contribution in [1.29, 1.82) is 0 Å². The van der Waals surface area contributed by atoms with Gasteiger partial charge in [0.1, 0.15) is 6.72 Å². The van der Waals surface area contributed by atoms with Gasteiger partial charge in [0, 0.05) is 6.42 Å².